The third-order valence-electron chi connectivity index (χ3n) is 5.33. The molecule has 0 saturated carbocycles. The molecule has 1 fully saturated rings. The van der Waals surface area contributed by atoms with Gasteiger partial charge in [-0.25, -0.2) is 0 Å². The molecule has 0 N–H and O–H groups in total. The fraction of sp³-hybridized carbons (Fsp3) is 0.480. The van der Waals surface area contributed by atoms with Crippen molar-refractivity contribution in [2.45, 2.75) is 33.2 Å². The van der Waals surface area contributed by atoms with Crippen molar-refractivity contribution in [3.63, 3.8) is 0 Å². The normalized spacial score (nSPS) is 13.7. The molecule has 0 atom stereocenters. The fourth-order valence-electron chi connectivity index (χ4n) is 3.70. The summed E-state index contributed by atoms with van der Waals surface area (Å²) >= 11 is 0. The Kier molecular flexibility index (Phi) is 8.59. The number of carbonyl (C=O) groups excluding carboxylic acids is 1. The minimum Gasteiger partial charge on any atom is -0.493 e. The van der Waals surface area contributed by atoms with Crippen LogP contribution in [-0.4, -0.2) is 57.4 Å². The molecule has 1 aliphatic heterocycles. The second-order valence-electron chi connectivity index (χ2n) is 7.71. The molecule has 2 aromatic rings. The molecule has 1 saturated heterocycles. The summed E-state index contributed by atoms with van der Waals surface area (Å²) in [5, 5.41) is 0. The molecule has 31 heavy (non-hydrogen) atoms. The lowest BCUT2D eigenvalue weighted by Crippen LogP contribution is -2.36. The van der Waals surface area contributed by atoms with E-state index in [-0.39, 0.29) is 5.91 Å². The molecular formula is C25H34N2O4. The van der Waals surface area contributed by atoms with Crippen LogP contribution < -0.4 is 14.4 Å². The Balaban J connectivity index is 1.71. The SMILES string of the molecule is CCCOc1ccc(CN(CCC)C(=O)c2ccc(N3CCOCC3)cc2)cc1OC. The van der Waals surface area contributed by atoms with Crippen molar-refractivity contribution < 1.29 is 19.0 Å². The maximum atomic E-state index is 13.2. The number of carbonyl (C=O) groups is 1. The van der Waals surface area contributed by atoms with Gasteiger partial charge in [0, 0.05) is 37.4 Å². The number of methoxy groups -OCH3 is 1. The summed E-state index contributed by atoms with van der Waals surface area (Å²) < 4.78 is 16.7. The van der Waals surface area contributed by atoms with Crippen LogP contribution >= 0.6 is 0 Å². The maximum Gasteiger partial charge on any atom is 0.254 e. The van der Waals surface area contributed by atoms with Crippen LogP contribution in [0.15, 0.2) is 42.5 Å². The van der Waals surface area contributed by atoms with Crippen LogP contribution in [0.3, 0.4) is 0 Å². The quantitative estimate of drug-likeness (QED) is 0.565. The van der Waals surface area contributed by atoms with Crippen molar-refractivity contribution in [3.05, 3.63) is 53.6 Å². The Labute approximate surface area is 185 Å². The van der Waals surface area contributed by atoms with Gasteiger partial charge in [0.05, 0.1) is 26.9 Å². The van der Waals surface area contributed by atoms with E-state index in [0.717, 1.165) is 56.1 Å². The summed E-state index contributed by atoms with van der Waals surface area (Å²) in [6.45, 7) is 9.30. The second-order valence-corrected chi connectivity index (χ2v) is 7.71. The first kappa shape index (κ1) is 22.9. The zero-order valence-electron chi connectivity index (χ0n) is 18.9. The monoisotopic (exact) mass is 426 g/mol. The lowest BCUT2D eigenvalue weighted by Gasteiger charge is -2.29. The number of ether oxygens (including phenoxy) is 3. The molecule has 2 aromatic carbocycles. The van der Waals surface area contributed by atoms with Gasteiger partial charge in [-0.3, -0.25) is 4.79 Å². The average Bonchev–Trinajstić information content (AvgIpc) is 2.83. The van der Waals surface area contributed by atoms with E-state index < -0.39 is 0 Å². The van der Waals surface area contributed by atoms with Crippen LogP contribution in [0.5, 0.6) is 11.5 Å². The molecule has 0 aromatic heterocycles. The Hall–Kier alpha value is -2.73. The maximum absolute atomic E-state index is 13.2. The van der Waals surface area contributed by atoms with Crippen LogP contribution in [0.4, 0.5) is 5.69 Å². The van der Waals surface area contributed by atoms with Crippen molar-refractivity contribution in [2.75, 3.05) is 51.5 Å². The van der Waals surface area contributed by atoms with Gasteiger partial charge in [0.15, 0.2) is 11.5 Å². The largest absolute Gasteiger partial charge is 0.493 e. The van der Waals surface area contributed by atoms with Crippen LogP contribution in [-0.2, 0) is 11.3 Å². The van der Waals surface area contributed by atoms with E-state index >= 15 is 0 Å². The van der Waals surface area contributed by atoms with Gasteiger partial charge in [-0.1, -0.05) is 19.9 Å². The zero-order chi connectivity index (χ0) is 22.1. The third kappa shape index (κ3) is 6.14. The van der Waals surface area contributed by atoms with E-state index in [2.05, 4.69) is 18.7 Å². The predicted octanol–water partition coefficient (Wildman–Crippen LogP) is 4.37. The molecule has 168 valence electrons. The molecule has 0 radical (unpaired) electrons. The highest BCUT2D eigenvalue weighted by molar-refractivity contribution is 5.94. The van der Waals surface area contributed by atoms with Gasteiger partial charge in [-0.15, -0.1) is 0 Å². The highest BCUT2D eigenvalue weighted by Gasteiger charge is 2.18. The zero-order valence-corrected chi connectivity index (χ0v) is 18.9. The van der Waals surface area contributed by atoms with E-state index in [1.807, 2.05) is 47.4 Å². The molecule has 0 spiro atoms. The Morgan fingerprint density at radius 2 is 1.77 bits per heavy atom. The Morgan fingerprint density at radius 3 is 2.42 bits per heavy atom. The van der Waals surface area contributed by atoms with Crippen LogP contribution in [0.25, 0.3) is 0 Å². The minimum atomic E-state index is 0.0423. The summed E-state index contributed by atoms with van der Waals surface area (Å²) in [7, 11) is 1.64. The smallest absolute Gasteiger partial charge is 0.254 e. The molecule has 1 amide bonds. The van der Waals surface area contributed by atoms with E-state index in [0.29, 0.717) is 31.0 Å². The summed E-state index contributed by atoms with van der Waals surface area (Å²) in [5.41, 5.74) is 2.86. The van der Waals surface area contributed by atoms with Gasteiger partial charge >= 0.3 is 0 Å². The number of morpholine rings is 1. The summed E-state index contributed by atoms with van der Waals surface area (Å²) in [6.07, 6.45) is 1.83. The molecule has 6 nitrogen and oxygen atoms in total. The first-order chi connectivity index (χ1) is 15.2. The van der Waals surface area contributed by atoms with Crippen LogP contribution in [0, 0.1) is 0 Å². The molecule has 3 rings (SSSR count). The van der Waals surface area contributed by atoms with Crippen molar-refractivity contribution >= 4 is 11.6 Å². The van der Waals surface area contributed by atoms with Crippen molar-refractivity contribution in [1.82, 2.24) is 4.90 Å². The van der Waals surface area contributed by atoms with Gasteiger partial charge in [-0.2, -0.15) is 0 Å². The van der Waals surface area contributed by atoms with Crippen molar-refractivity contribution in [1.29, 1.82) is 0 Å². The van der Waals surface area contributed by atoms with Gasteiger partial charge in [0.2, 0.25) is 0 Å². The molecule has 0 aliphatic carbocycles. The standard InChI is InChI=1S/C25H34N2O4/c1-4-12-27(19-20-6-11-23(31-15-5-2)24(18-20)29-3)25(28)21-7-9-22(10-8-21)26-13-16-30-17-14-26/h6-11,18H,4-5,12-17,19H2,1-3H3. The number of benzene rings is 2. The second kappa shape index (κ2) is 11.6. The highest BCUT2D eigenvalue weighted by Crippen LogP contribution is 2.29. The number of rotatable bonds is 10. The van der Waals surface area contributed by atoms with Crippen LogP contribution in [0.2, 0.25) is 0 Å². The topological polar surface area (TPSA) is 51.2 Å². The lowest BCUT2D eigenvalue weighted by molar-refractivity contribution is 0.0743. The number of anilines is 1. The van der Waals surface area contributed by atoms with Crippen molar-refractivity contribution in [3.8, 4) is 11.5 Å². The van der Waals surface area contributed by atoms with E-state index in [1.54, 1.807) is 7.11 Å². The number of hydrogen-bond donors (Lipinski definition) is 0. The molecule has 0 unspecified atom stereocenters. The van der Waals surface area contributed by atoms with Gasteiger partial charge in [-0.05, 0) is 54.8 Å². The van der Waals surface area contributed by atoms with Gasteiger partial charge in [0.1, 0.15) is 0 Å². The summed E-state index contributed by atoms with van der Waals surface area (Å²) in [5.74, 6) is 1.48. The van der Waals surface area contributed by atoms with E-state index in [1.165, 1.54) is 0 Å². The Bertz CT molecular complexity index is 832. The molecule has 6 heteroatoms. The predicted molar refractivity (Wildman–Crippen MR) is 123 cm³/mol. The van der Waals surface area contributed by atoms with Gasteiger partial charge in [0.25, 0.3) is 5.91 Å². The minimum absolute atomic E-state index is 0.0423. The number of nitrogens with zero attached hydrogens (tertiary/aromatic N) is 2. The first-order valence-electron chi connectivity index (χ1n) is 11.2. The van der Waals surface area contributed by atoms with Crippen LogP contribution in [0.1, 0.15) is 42.6 Å². The number of amides is 1. The lowest BCUT2D eigenvalue weighted by atomic mass is 10.1. The first-order valence-corrected chi connectivity index (χ1v) is 11.2. The molecular weight excluding hydrogens is 392 g/mol. The van der Waals surface area contributed by atoms with E-state index in [9.17, 15) is 4.79 Å². The number of hydrogen-bond acceptors (Lipinski definition) is 5. The summed E-state index contributed by atoms with van der Waals surface area (Å²) in [4.78, 5) is 17.4. The molecule has 1 heterocycles. The highest BCUT2D eigenvalue weighted by atomic mass is 16.5. The molecule has 0 bridgehead atoms. The van der Waals surface area contributed by atoms with E-state index in [4.69, 9.17) is 14.2 Å². The average molecular weight is 427 g/mol. The van der Waals surface area contributed by atoms with Gasteiger partial charge < -0.3 is 24.0 Å². The summed E-state index contributed by atoms with van der Waals surface area (Å²) in [6, 6.07) is 13.8. The fourth-order valence-corrected chi connectivity index (χ4v) is 3.70. The molecule has 1 aliphatic rings. The Morgan fingerprint density at radius 1 is 1.03 bits per heavy atom. The third-order valence-corrected chi connectivity index (χ3v) is 5.33. The van der Waals surface area contributed by atoms with Crippen molar-refractivity contribution in [2.24, 2.45) is 0 Å².